The van der Waals surface area contributed by atoms with Gasteiger partial charge in [-0.05, 0) is 38.4 Å². The Bertz CT molecular complexity index is 275. The molecule has 1 aliphatic heterocycles. The fourth-order valence-corrected chi connectivity index (χ4v) is 2.05. The summed E-state index contributed by atoms with van der Waals surface area (Å²) in [6.07, 6.45) is 2.20. The lowest BCUT2D eigenvalue weighted by molar-refractivity contribution is -0.143. The summed E-state index contributed by atoms with van der Waals surface area (Å²) in [5.74, 6) is -0.778. The molecule has 6 heteroatoms. The third-order valence-corrected chi connectivity index (χ3v) is 3.20. The zero-order valence-electron chi connectivity index (χ0n) is 10.9. The zero-order chi connectivity index (χ0) is 13.4. The van der Waals surface area contributed by atoms with Crippen LogP contribution in [0.25, 0.3) is 0 Å². The van der Waals surface area contributed by atoms with Crippen LogP contribution in [0.4, 0.5) is 0 Å². The Morgan fingerprint density at radius 2 is 2.00 bits per heavy atom. The lowest BCUT2D eigenvalue weighted by atomic mass is 9.97. The van der Waals surface area contributed by atoms with Gasteiger partial charge in [-0.1, -0.05) is 6.92 Å². The Morgan fingerprint density at radius 1 is 1.33 bits per heavy atom. The number of carbonyl (C=O) groups is 2. The van der Waals surface area contributed by atoms with Crippen LogP contribution in [-0.2, 0) is 14.3 Å². The molecule has 104 valence electrons. The molecule has 6 nitrogen and oxygen atoms in total. The second kappa shape index (κ2) is 8.05. The molecule has 0 saturated carbocycles. The summed E-state index contributed by atoms with van der Waals surface area (Å²) >= 11 is 0. The van der Waals surface area contributed by atoms with Gasteiger partial charge < -0.3 is 20.1 Å². The largest absolute Gasteiger partial charge is 0.480 e. The summed E-state index contributed by atoms with van der Waals surface area (Å²) in [5, 5.41) is 11.1. The number of amides is 1. The molecular weight excluding hydrogens is 236 g/mol. The van der Waals surface area contributed by atoms with Crippen LogP contribution < -0.4 is 5.32 Å². The minimum absolute atomic E-state index is 0.180. The van der Waals surface area contributed by atoms with E-state index in [2.05, 4.69) is 17.1 Å². The number of carboxylic acid groups (broad SMARTS) is 1. The van der Waals surface area contributed by atoms with Gasteiger partial charge in [0.2, 0.25) is 5.91 Å². The SMILES string of the molecule is CCN1CCC(CNC(=O)COCC(=O)O)CC1. The first kappa shape index (κ1) is 14.9. The molecule has 0 unspecified atom stereocenters. The molecule has 0 bridgehead atoms. The number of aliphatic carboxylic acids is 1. The van der Waals surface area contributed by atoms with Crippen molar-refractivity contribution in [3.05, 3.63) is 0 Å². The highest BCUT2D eigenvalue weighted by atomic mass is 16.5. The lowest BCUT2D eigenvalue weighted by Gasteiger charge is -2.31. The van der Waals surface area contributed by atoms with Crippen LogP contribution in [0.1, 0.15) is 19.8 Å². The molecule has 0 aromatic heterocycles. The minimum atomic E-state index is -1.06. The van der Waals surface area contributed by atoms with Crippen LogP contribution >= 0.6 is 0 Å². The fourth-order valence-electron chi connectivity index (χ4n) is 2.05. The van der Waals surface area contributed by atoms with Crippen LogP contribution in [-0.4, -0.2) is 61.3 Å². The molecule has 0 atom stereocenters. The van der Waals surface area contributed by atoms with Gasteiger partial charge in [0, 0.05) is 6.54 Å². The smallest absolute Gasteiger partial charge is 0.329 e. The fraction of sp³-hybridized carbons (Fsp3) is 0.833. The predicted octanol–water partition coefficient (Wildman–Crippen LogP) is -0.0643. The topological polar surface area (TPSA) is 78.9 Å². The third kappa shape index (κ3) is 5.97. The van der Waals surface area contributed by atoms with E-state index in [1.165, 1.54) is 0 Å². The Hall–Kier alpha value is -1.14. The van der Waals surface area contributed by atoms with Crippen molar-refractivity contribution in [1.82, 2.24) is 10.2 Å². The lowest BCUT2D eigenvalue weighted by Crippen LogP contribution is -2.39. The maximum Gasteiger partial charge on any atom is 0.329 e. The number of nitrogens with one attached hydrogen (secondary N) is 1. The summed E-state index contributed by atoms with van der Waals surface area (Å²) in [5.41, 5.74) is 0. The van der Waals surface area contributed by atoms with Crippen molar-refractivity contribution in [2.75, 3.05) is 39.4 Å². The standard InChI is InChI=1S/C12H22N2O4/c1-2-14-5-3-10(4-6-14)7-13-11(15)8-18-9-12(16)17/h10H,2-9H2,1H3,(H,13,15)(H,16,17). The highest BCUT2D eigenvalue weighted by Gasteiger charge is 2.18. The quantitative estimate of drug-likeness (QED) is 0.668. The monoisotopic (exact) mass is 258 g/mol. The van der Waals surface area contributed by atoms with Gasteiger partial charge in [-0.25, -0.2) is 4.79 Å². The van der Waals surface area contributed by atoms with Crippen LogP contribution in [0.5, 0.6) is 0 Å². The zero-order valence-corrected chi connectivity index (χ0v) is 10.9. The van der Waals surface area contributed by atoms with E-state index in [0.29, 0.717) is 12.5 Å². The number of piperidine rings is 1. The molecule has 0 aromatic carbocycles. The summed E-state index contributed by atoms with van der Waals surface area (Å²) in [7, 11) is 0. The minimum Gasteiger partial charge on any atom is -0.480 e. The molecule has 18 heavy (non-hydrogen) atoms. The van der Waals surface area contributed by atoms with Gasteiger partial charge in [0.15, 0.2) is 0 Å². The number of rotatable bonds is 7. The first-order chi connectivity index (χ1) is 8.61. The van der Waals surface area contributed by atoms with Gasteiger partial charge in [0.05, 0.1) is 0 Å². The van der Waals surface area contributed by atoms with Crippen molar-refractivity contribution in [3.63, 3.8) is 0 Å². The second-order valence-corrected chi connectivity index (χ2v) is 4.57. The van der Waals surface area contributed by atoms with E-state index in [1.807, 2.05) is 0 Å². The Kier molecular flexibility index (Phi) is 6.67. The van der Waals surface area contributed by atoms with Crippen molar-refractivity contribution in [2.24, 2.45) is 5.92 Å². The summed E-state index contributed by atoms with van der Waals surface area (Å²) in [6.45, 7) is 5.47. The van der Waals surface area contributed by atoms with Crippen molar-refractivity contribution >= 4 is 11.9 Å². The van der Waals surface area contributed by atoms with E-state index in [0.717, 1.165) is 32.5 Å². The second-order valence-electron chi connectivity index (χ2n) is 4.57. The number of hydrogen-bond acceptors (Lipinski definition) is 4. The van der Waals surface area contributed by atoms with Crippen molar-refractivity contribution in [3.8, 4) is 0 Å². The van der Waals surface area contributed by atoms with Gasteiger partial charge in [0.1, 0.15) is 13.2 Å². The normalized spacial score (nSPS) is 17.6. The number of nitrogens with zero attached hydrogens (tertiary/aromatic N) is 1. The van der Waals surface area contributed by atoms with Gasteiger partial charge >= 0.3 is 5.97 Å². The first-order valence-electron chi connectivity index (χ1n) is 6.40. The molecule has 2 N–H and O–H groups in total. The van der Waals surface area contributed by atoms with E-state index in [-0.39, 0.29) is 12.5 Å². The van der Waals surface area contributed by atoms with Gasteiger partial charge in [0.25, 0.3) is 0 Å². The summed E-state index contributed by atoms with van der Waals surface area (Å²) in [6, 6.07) is 0. The van der Waals surface area contributed by atoms with E-state index in [9.17, 15) is 9.59 Å². The molecule has 1 amide bonds. The Labute approximate surface area is 107 Å². The van der Waals surface area contributed by atoms with E-state index >= 15 is 0 Å². The maximum absolute atomic E-state index is 11.3. The molecule has 1 heterocycles. The van der Waals surface area contributed by atoms with Crippen LogP contribution in [0.3, 0.4) is 0 Å². The van der Waals surface area contributed by atoms with Gasteiger partial charge in [-0.15, -0.1) is 0 Å². The van der Waals surface area contributed by atoms with Crippen LogP contribution in [0.15, 0.2) is 0 Å². The number of carbonyl (C=O) groups excluding carboxylic acids is 1. The third-order valence-electron chi connectivity index (χ3n) is 3.20. The molecule has 1 fully saturated rings. The summed E-state index contributed by atoms with van der Waals surface area (Å²) in [4.78, 5) is 23.9. The summed E-state index contributed by atoms with van der Waals surface area (Å²) < 4.78 is 4.71. The Morgan fingerprint density at radius 3 is 2.56 bits per heavy atom. The molecule has 1 rings (SSSR count). The molecule has 0 aliphatic carbocycles. The van der Waals surface area contributed by atoms with E-state index < -0.39 is 12.6 Å². The highest BCUT2D eigenvalue weighted by molar-refractivity contribution is 5.77. The number of ether oxygens (including phenoxy) is 1. The van der Waals surface area contributed by atoms with Crippen molar-refractivity contribution < 1.29 is 19.4 Å². The maximum atomic E-state index is 11.3. The van der Waals surface area contributed by atoms with E-state index in [1.54, 1.807) is 0 Å². The predicted molar refractivity (Wildman–Crippen MR) is 66.3 cm³/mol. The van der Waals surface area contributed by atoms with Crippen LogP contribution in [0.2, 0.25) is 0 Å². The van der Waals surface area contributed by atoms with E-state index in [4.69, 9.17) is 9.84 Å². The first-order valence-corrected chi connectivity index (χ1v) is 6.40. The average Bonchev–Trinajstić information content (AvgIpc) is 2.36. The number of hydrogen-bond donors (Lipinski definition) is 2. The number of carboxylic acids is 1. The van der Waals surface area contributed by atoms with Gasteiger partial charge in [-0.2, -0.15) is 0 Å². The van der Waals surface area contributed by atoms with Gasteiger partial charge in [-0.3, -0.25) is 4.79 Å². The molecular formula is C12H22N2O4. The van der Waals surface area contributed by atoms with Crippen LogP contribution in [0, 0.1) is 5.92 Å². The highest BCUT2D eigenvalue weighted by Crippen LogP contribution is 2.15. The van der Waals surface area contributed by atoms with Crippen molar-refractivity contribution in [2.45, 2.75) is 19.8 Å². The molecule has 0 aromatic rings. The average molecular weight is 258 g/mol. The Balaban J connectivity index is 2.06. The number of likely N-dealkylation sites (tertiary alicyclic amines) is 1. The van der Waals surface area contributed by atoms with Crippen molar-refractivity contribution in [1.29, 1.82) is 0 Å². The molecule has 0 spiro atoms. The molecule has 0 radical (unpaired) electrons. The molecule has 1 aliphatic rings. The molecule has 1 saturated heterocycles.